The molecule has 56 valence electrons. The Morgan fingerprint density at radius 3 is 2.60 bits per heavy atom. The van der Waals surface area contributed by atoms with E-state index in [2.05, 4.69) is 19.9 Å². The summed E-state index contributed by atoms with van der Waals surface area (Å²) in [5.74, 6) is 0.515. The van der Waals surface area contributed by atoms with E-state index in [0.29, 0.717) is 11.5 Å². The van der Waals surface area contributed by atoms with E-state index in [-0.39, 0.29) is 0 Å². The molecule has 0 aliphatic rings. The molecule has 2 heteroatoms. The van der Waals surface area contributed by atoms with Gasteiger partial charge in [0.15, 0.2) is 0 Å². The minimum atomic E-state index is 0.515. The smallest absolute Gasteiger partial charge is 0.0979 e. The normalized spacial score (nSPS) is 11.3. The van der Waals surface area contributed by atoms with Gasteiger partial charge in [0.1, 0.15) is 0 Å². The second-order valence-electron chi connectivity index (χ2n) is 2.59. The molecule has 0 aliphatic carbocycles. The molecule has 0 atom stereocenters. The molecule has 0 N–H and O–H groups in total. The summed E-state index contributed by atoms with van der Waals surface area (Å²) in [5, 5.41) is 8.51. The zero-order valence-electron chi connectivity index (χ0n) is 6.72. The molecule has 0 spiro atoms. The fourth-order valence-corrected chi connectivity index (χ4v) is 0.702. The number of hydrogen-bond donors (Lipinski definition) is 0. The van der Waals surface area contributed by atoms with Crippen molar-refractivity contribution in [2.75, 3.05) is 7.11 Å². The van der Waals surface area contributed by atoms with Gasteiger partial charge in [-0.25, -0.2) is 0 Å². The zero-order valence-corrected chi connectivity index (χ0v) is 6.72. The van der Waals surface area contributed by atoms with Crippen LogP contribution in [0.25, 0.3) is 0 Å². The number of ether oxygens (including phenoxy) is 1. The minimum Gasteiger partial charge on any atom is -0.503 e. The minimum absolute atomic E-state index is 0.515. The predicted octanol–water partition coefficient (Wildman–Crippen LogP) is 2.09. The van der Waals surface area contributed by atoms with Crippen LogP contribution < -0.4 is 0 Å². The van der Waals surface area contributed by atoms with E-state index in [9.17, 15) is 0 Å². The van der Waals surface area contributed by atoms with Crippen molar-refractivity contribution < 1.29 is 4.74 Å². The summed E-state index contributed by atoms with van der Waals surface area (Å²) in [5.41, 5.74) is 0.706. The molecular formula is C8H13NO. The van der Waals surface area contributed by atoms with Crippen LogP contribution >= 0.6 is 0 Å². The topological polar surface area (TPSA) is 33.0 Å². The van der Waals surface area contributed by atoms with Gasteiger partial charge in [-0.1, -0.05) is 13.8 Å². The molecule has 10 heavy (non-hydrogen) atoms. The maximum absolute atomic E-state index is 8.51. The molecule has 0 saturated carbocycles. The SMILES string of the molecule is COC=C(C#N)CC(C)C. The Morgan fingerprint density at radius 2 is 2.30 bits per heavy atom. The summed E-state index contributed by atoms with van der Waals surface area (Å²) < 4.78 is 4.71. The second-order valence-corrected chi connectivity index (χ2v) is 2.59. The summed E-state index contributed by atoms with van der Waals surface area (Å²) >= 11 is 0. The number of nitrogens with zero attached hydrogens (tertiary/aromatic N) is 1. The first-order valence-electron chi connectivity index (χ1n) is 3.32. The number of nitriles is 1. The lowest BCUT2D eigenvalue weighted by atomic mass is 10.1. The molecule has 0 amide bonds. The maximum Gasteiger partial charge on any atom is 0.0979 e. The van der Waals surface area contributed by atoms with Crippen molar-refractivity contribution >= 4 is 0 Å². The lowest BCUT2D eigenvalue weighted by Crippen LogP contribution is -1.89. The zero-order chi connectivity index (χ0) is 7.98. The Bertz CT molecular complexity index is 153. The van der Waals surface area contributed by atoms with Crippen LogP contribution in [-0.2, 0) is 4.74 Å². The van der Waals surface area contributed by atoms with Crippen molar-refractivity contribution in [1.29, 1.82) is 5.26 Å². The van der Waals surface area contributed by atoms with Gasteiger partial charge in [-0.3, -0.25) is 0 Å². The monoisotopic (exact) mass is 139 g/mol. The van der Waals surface area contributed by atoms with Crippen molar-refractivity contribution in [2.45, 2.75) is 20.3 Å². The summed E-state index contributed by atoms with van der Waals surface area (Å²) in [6.07, 6.45) is 2.30. The van der Waals surface area contributed by atoms with Gasteiger partial charge in [0, 0.05) is 0 Å². The standard InChI is InChI=1S/C8H13NO/c1-7(2)4-8(5-9)6-10-3/h6-7H,4H2,1-3H3. The molecule has 0 fully saturated rings. The van der Waals surface area contributed by atoms with Gasteiger partial charge in [-0.15, -0.1) is 0 Å². The first kappa shape index (κ1) is 9.03. The second kappa shape index (κ2) is 4.87. The van der Waals surface area contributed by atoms with E-state index < -0.39 is 0 Å². The van der Waals surface area contributed by atoms with Gasteiger partial charge in [-0.2, -0.15) is 5.26 Å². The molecule has 0 radical (unpaired) electrons. The van der Waals surface area contributed by atoms with Crippen LogP contribution in [0.5, 0.6) is 0 Å². The van der Waals surface area contributed by atoms with Crippen LogP contribution in [0.3, 0.4) is 0 Å². The Labute approximate surface area is 62.1 Å². The average molecular weight is 139 g/mol. The van der Waals surface area contributed by atoms with E-state index in [1.54, 1.807) is 7.11 Å². The van der Waals surface area contributed by atoms with E-state index in [1.165, 1.54) is 6.26 Å². The van der Waals surface area contributed by atoms with E-state index in [4.69, 9.17) is 10.00 Å². The molecule has 0 aliphatic heterocycles. The van der Waals surface area contributed by atoms with Crippen LogP contribution in [0, 0.1) is 17.2 Å². The third kappa shape index (κ3) is 3.96. The molecule has 0 bridgehead atoms. The molecule has 0 saturated heterocycles. The lowest BCUT2D eigenvalue weighted by Gasteiger charge is -2.00. The Hall–Kier alpha value is -0.970. The van der Waals surface area contributed by atoms with Gasteiger partial charge >= 0.3 is 0 Å². The largest absolute Gasteiger partial charge is 0.503 e. The predicted molar refractivity (Wildman–Crippen MR) is 40.2 cm³/mol. The Kier molecular flexibility index (Phi) is 4.39. The van der Waals surface area contributed by atoms with Crippen LogP contribution in [0.2, 0.25) is 0 Å². The van der Waals surface area contributed by atoms with Gasteiger partial charge in [0.05, 0.1) is 25.0 Å². The van der Waals surface area contributed by atoms with Crippen LogP contribution in [-0.4, -0.2) is 7.11 Å². The summed E-state index contributed by atoms with van der Waals surface area (Å²) in [7, 11) is 1.55. The molecule has 0 heterocycles. The highest BCUT2D eigenvalue weighted by Crippen LogP contribution is 2.08. The highest BCUT2D eigenvalue weighted by Gasteiger charge is 1.98. The maximum atomic E-state index is 8.51. The lowest BCUT2D eigenvalue weighted by molar-refractivity contribution is 0.333. The third-order valence-corrected chi connectivity index (χ3v) is 1.03. The van der Waals surface area contributed by atoms with Crippen molar-refractivity contribution in [2.24, 2.45) is 5.92 Å². The first-order valence-corrected chi connectivity index (χ1v) is 3.32. The quantitative estimate of drug-likeness (QED) is 0.443. The van der Waals surface area contributed by atoms with Gasteiger partial charge in [0.2, 0.25) is 0 Å². The highest BCUT2D eigenvalue weighted by molar-refractivity contribution is 5.18. The highest BCUT2D eigenvalue weighted by atomic mass is 16.5. The van der Waals surface area contributed by atoms with Crippen molar-refractivity contribution in [3.05, 3.63) is 11.8 Å². The third-order valence-electron chi connectivity index (χ3n) is 1.03. The molecule has 0 rings (SSSR count). The fourth-order valence-electron chi connectivity index (χ4n) is 0.702. The number of rotatable bonds is 3. The molecular weight excluding hydrogens is 126 g/mol. The molecule has 0 aromatic carbocycles. The van der Waals surface area contributed by atoms with Gasteiger partial charge in [0.25, 0.3) is 0 Å². The number of hydrogen-bond acceptors (Lipinski definition) is 2. The molecule has 0 unspecified atom stereocenters. The Morgan fingerprint density at radius 1 is 1.70 bits per heavy atom. The van der Waals surface area contributed by atoms with Crippen LogP contribution in [0.4, 0.5) is 0 Å². The molecule has 2 nitrogen and oxygen atoms in total. The van der Waals surface area contributed by atoms with E-state index in [1.807, 2.05) is 0 Å². The summed E-state index contributed by atoms with van der Waals surface area (Å²) in [6.45, 7) is 4.14. The average Bonchev–Trinajstić information content (AvgIpc) is 1.86. The van der Waals surface area contributed by atoms with E-state index >= 15 is 0 Å². The van der Waals surface area contributed by atoms with E-state index in [0.717, 1.165) is 6.42 Å². The van der Waals surface area contributed by atoms with Crippen molar-refractivity contribution in [3.8, 4) is 6.07 Å². The molecule has 0 aromatic rings. The Balaban J connectivity index is 3.87. The number of methoxy groups -OCH3 is 1. The summed E-state index contributed by atoms with van der Waals surface area (Å²) in [4.78, 5) is 0. The van der Waals surface area contributed by atoms with Gasteiger partial charge < -0.3 is 4.74 Å². The van der Waals surface area contributed by atoms with Crippen molar-refractivity contribution in [3.63, 3.8) is 0 Å². The number of allylic oxidation sites excluding steroid dienone is 1. The van der Waals surface area contributed by atoms with Crippen LogP contribution in [0.1, 0.15) is 20.3 Å². The van der Waals surface area contributed by atoms with Gasteiger partial charge in [-0.05, 0) is 12.3 Å². The fraction of sp³-hybridized carbons (Fsp3) is 0.625. The molecule has 0 aromatic heterocycles. The van der Waals surface area contributed by atoms with Crippen molar-refractivity contribution in [1.82, 2.24) is 0 Å². The first-order chi connectivity index (χ1) is 4.70. The summed E-state index contributed by atoms with van der Waals surface area (Å²) in [6, 6.07) is 2.07. The van der Waals surface area contributed by atoms with Crippen LogP contribution in [0.15, 0.2) is 11.8 Å².